The van der Waals surface area contributed by atoms with Crippen LogP contribution in [0.15, 0.2) is 40.9 Å². The van der Waals surface area contributed by atoms with Gasteiger partial charge in [0.2, 0.25) is 0 Å². The molecular formula is C16H16BrNO. The molecule has 2 aromatic rings. The second-order valence-corrected chi connectivity index (χ2v) is 5.65. The molecule has 0 saturated heterocycles. The topological polar surface area (TPSA) is 29.1 Å². The van der Waals surface area contributed by atoms with Crippen molar-refractivity contribution >= 4 is 27.5 Å². The molecule has 0 fully saturated rings. The van der Waals surface area contributed by atoms with Gasteiger partial charge in [0.05, 0.1) is 0 Å². The number of hydrogen-bond donors (Lipinski definition) is 1. The summed E-state index contributed by atoms with van der Waals surface area (Å²) in [5.41, 5.74) is 4.73. The molecule has 98 valence electrons. The van der Waals surface area contributed by atoms with Crippen LogP contribution in [-0.4, -0.2) is 5.91 Å². The summed E-state index contributed by atoms with van der Waals surface area (Å²) in [6, 6.07) is 11.6. The zero-order chi connectivity index (χ0) is 14.0. The third kappa shape index (κ3) is 3.24. The number of carbonyl (C=O) groups is 1. The molecular weight excluding hydrogens is 302 g/mol. The fourth-order valence-corrected chi connectivity index (χ4v) is 2.70. The second-order valence-electron chi connectivity index (χ2n) is 4.74. The van der Waals surface area contributed by atoms with Crippen LogP contribution in [0, 0.1) is 20.8 Å². The molecule has 1 amide bonds. The lowest BCUT2D eigenvalue weighted by molar-refractivity contribution is 0.102. The number of benzene rings is 2. The van der Waals surface area contributed by atoms with Crippen LogP contribution in [0.2, 0.25) is 0 Å². The summed E-state index contributed by atoms with van der Waals surface area (Å²) in [6.45, 7) is 5.97. The molecule has 0 aliphatic heterocycles. The zero-order valence-corrected chi connectivity index (χ0v) is 12.8. The van der Waals surface area contributed by atoms with E-state index >= 15 is 0 Å². The third-order valence-corrected chi connectivity index (χ3v) is 3.48. The number of anilines is 1. The quantitative estimate of drug-likeness (QED) is 0.859. The molecule has 2 rings (SSSR count). The monoisotopic (exact) mass is 317 g/mol. The fourth-order valence-electron chi connectivity index (χ4n) is 2.30. The van der Waals surface area contributed by atoms with Crippen LogP contribution in [0.4, 0.5) is 5.69 Å². The van der Waals surface area contributed by atoms with Gasteiger partial charge in [0, 0.05) is 15.7 Å². The molecule has 0 aliphatic rings. The van der Waals surface area contributed by atoms with Gasteiger partial charge in [0.15, 0.2) is 0 Å². The number of carbonyl (C=O) groups excluding carboxylic acids is 1. The van der Waals surface area contributed by atoms with E-state index in [9.17, 15) is 4.79 Å². The smallest absolute Gasteiger partial charge is 0.256 e. The standard InChI is InChI=1S/C16H16BrNO/c1-10-7-11(2)15(12(3)8-10)16(19)18-14-6-4-5-13(17)9-14/h4-9H,1-3H3,(H,18,19). The summed E-state index contributed by atoms with van der Waals surface area (Å²) in [5.74, 6) is -0.0619. The van der Waals surface area contributed by atoms with Crippen molar-refractivity contribution in [2.75, 3.05) is 5.32 Å². The molecule has 0 saturated carbocycles. The van der Waals surface area contributed by atoms with Gasteiger partial charge in [-0.05, 0) is 50.1 Å². The van der Waals surface area contributed by atoms with Crippen LogP contribution in [0.3, 0.4) is 0 Å². The van der Waals surface area contributed by atoms with Crippen LogP contribution in [0.25, 0.3) is 0 Å². The molecule has 2 nitrogen and oxygen atoms in total. The summed E-state index contributed by atoms with van der Waals surface area (Å²) >= 11 is 3.40. The first-order valence-corrected chi connectivity index (χ1v) is 6.91. The molecule has 0 radical (unpaired) electrons. The van der Waals surface area contributed by atoms with Crippen LogP contribution >= 0.6 is 15.9 Å². The normalized spacial score (nSPS) is 10.3. The minimum Gasteiger partial charge on any atom is -0.322 e. The minimum atomic E-state index is -0.0619. The van der Waals surface area contributed by atoms with E-state index in [1.54, 1.807) is 0 Å². The van der Waals surface area contributed by atoms with E-state index in [1.165, 1.54) is 5.56 Å². The van der Waals surface area contributed by atoms with Crippen LogP contribution < -0.4 is 5.32 Å². The lowest BCUT2D eigenvalue weighted by Crippen LogP contribution is -2.15. The summed E-state index contributed by atoms with van der Waals surface area (Å²) in [6.07, 6.45) is 0. The van der Waals surface area contributed by atoms with Gasteiger partial charge in [-0.1, -0.05) is 39.7 Å². The van der Waals surface area contributed by atoms with E-state index in [4.69, 9.17) is 0 Å². The minimum absolute atomic E-state index is 0.0619. The number of hydrogen-bond acceptors (Lipinski definition) is 1. The highest BCUT2D eigenvalue weighted by molar-refractivity contribution is 9.10. The lowest BCUT2D eigenvalue weighted by atomic mass is 9.99. The van der Waals surface area contributed by atoms with Crippen molar-refractivity contribution in [1.29, 1.82) is 0 Å². The maximum atomic E-state index is 12.4. The Kier molecular flexibility index (Phi) is 4.05. The van der Waals surface area contributed by atoms with E-state index in [1.807, 2.05) is 57.2 Å². The van der Waals surface area contributed by atoms with Gasteiger partial charge in [-0.15, -0.1) is 0 Å². The van der Waals surface area contributed by atoms with Crippen LogP contribution in [0.5, 0.6) is 0 Å². The van der Waals surface area contributed by atoms with Crippen molar-refractivity contribution in [3.8, 4) is 0 Å². The fraction of sp³-hybridized carbons (Fsp3) is 0.188. The molecule has 0 atom stereocenters. The zero-order valence-electron chi connectivity index (χ0n) is 11.3. The van der Waals surface area contributed by atoms with E-state index < -0.39 is 0 Å². The van der Waals surface area contributed by atoms with E-state index in [0.29, 0.717) is 0 Å². The van der Waals surface area contributed by atoms with Crippen molar-refractivity contribution in [3.05, 3.63) is 63.1 Å². The molecule has 2 aromatic carbocycles. The number of rotatable bonds is 2. The maximum absolute atomic E-state index is 12.4. The molecule has 3 heteroatoms. The number of amides is 1. The number of aryl methyl sites for hydroxylation is 3. The summed E-state index contributed by atoms with van der Waals surface area (Å²) < 4.78 is 0.947. The third-order valence-electron chi connectivity index (χ3n) is 2.99. The predicted molar refractivity (Wildman–Crippen MR) is 82.7 cm³/mol. The molecule has 0 aromatic heterocycles. The second kappa shape index (κ2) is 5.57. The number of nitrogens with one attached hydrogen (secondary N) is 1. The first kappa shape index (κ1) is 13.8. The average molecular weight is 318 g/mol. The van der Waals surface area contributed by atoms with Gasteiger partial charge in [-0.2, -0.15) is 0 Å². The Morgan fingerprint density at radius 3 is 2.26 bits per heavy atom. The van der Waals surface area contributed by atoms with Crippen LogP contribution in [-0.2, 0) is 0 Å². The van der Waals surface area contributed by atoms with Gasteiger partial charge < -0.3 is 5.32 Å². The van der Waals surface area contributed by atoms with E-state index in [2.05, 4.69) is 21.2 Å². The Bertz CT molecular complexity index is 611. The maximum Gasteiger partial charge on any atom is 0.256 e. The molecule has 1 N–H and O–H groups in total. The van der Waals surface area contributed by atoms with Gasteiger partial charge in [0.1, 0.15) is 0 Å². The first-order valence-electron chi connectivity index (χ1n) is 6.12. The molecule has 0 bridgehead atoms. The summed E-state index contributed by atoms with van der Waals surface area (Å²) in [5, 5.41) is 2.93. The Hall–Kier alpha value is -1.61. The summed E-state index contributed by atoms with van der Waals surface area (Å²) in [4.78, 5) is 12.4. The predicted octanol–water partition coefficient (Wildman–Crippen LogP) is 4.63. The van der Waals surface area contributed by atoms with Crippen molar-refractivity contribution in [2.24, 2.45) is 0 Å². The molecule has 0 unspecified atom stereocenters. The summed E-state index contributed by atoms with van der Waals surface area (Å²) in [7, 11) is 0. The first-order chi connectivity index (χ1) is 8.97. The Labute approximate surface area is 122 Å². The highest BCUT2D eigenvalue weighted by atomic mass is 79.9. The van der Waals surface area contributed by atoms with E-state index in [-0.39, 0.29) is 5.91 Å². The van der Waals surface area contributed by atoms with Gasteiger partial charge >= 0.3 is 0 Å². The molecule has 0 aliphatic carbocycles. The van der Waals surface area contributed by atoms with Crippen molar-refractivity contribution in [3.63, 3.8) is 0 Å². The Morgan fingerprint density at radius 1 is 1.05 bits per heavy atom. The lowest BCUT2D eigenvalue weighted by Gasteiger charge is -2.12. The van der Waals surface area contributed by atoms with Crippen LogP contribution in [0.1, 0.15) is 27.0 Å². The van der Waals surface area contributed by atoms with Gasteiger partial charge in [0.25, 0.3) is 5.91 Å². The number of halogens is 1. The van der Waals surface area contributed by atoms with Crippen molar-refractivity contribution in [2.45, 2.75) is 20.8 Å². The van der Waals surface area contributed by atoms with Crippen molar-refractivity contribution < 1.29 is 4.79 Å². The highest BCUT2D eigenvalue weighted by Crippen LogP contribution is 2.20. The van der Waals surface area contributed by atoms with E-state index in [0.717, 1.165) is 26.9 Å². The molecule has 19 heavy (non-hydrogen) atoms. The highest BCUT2D eigenvalue weighted by Gasteiger charge is 2.12. The molecule has 0 heterocycles. The molecule has 0 spiro atoms. The Balaban J connectivity index is 2.31. The Morgan fingerprint density at radius 2 is 1.68 bits per heavy atom. The largest absolute Gasteiger partial charge is 0.322 e. The van der Waals surface area contributed by atoms with Crippen molar-refractivity contribution in [1.82, 2.24) is 0 Å². The van der Waals surface area contributed by atoms with Gasteiger partial charge in [-0.3, -0.25) is 4.79 Å². The average Bonchev–Trinajstić information content (AvgIpc) is 2.27. The SMILES string of the molecule is Cc1cc(C)c(C(=O)Nc2cccc(Br)c2)c(C)c1. The van der Waals surface area contributed by atoms with Gasteiger partial charge in [-0.25, -0.2) is 0 Å².